The Labute approximate surface area is 397 Å². The lowest BCUT2D eigenvalue weighted by Crippen LogP contribution is -2.52. The molecule has 8 aromatic rings. The fourth-order valence-electron chi connectivity index (χ4n) is 8.60. The van der Waals surface area contributed by atoms with Crippen LogP contribution in [-0.4, -0.2) is 170 Å². The number of carbonyl (C=O) groups is 6. The Morgan fingerprint density at radius 2 is 0.886 bits per heavy atom. The highest BCUT2D eigenvalue weighted by Gasteiger charge is 2.34. The monoisotopic (exact) mass is 944 g/mol. The van der Waals surface area contributed by atoms with Gasteiger partial charge in [-0.05, 0) is 38.1 Å². The highest BCUT2D eigenvalue weighted by Crippen LogP contribution is 2.34. The number of nitrogens with one attached hydrogen (secondary N) is 2. The number of carbonyl (C=O) groups excluding carboxylic acids is 6. The summed E-state index contributed by atoms with van der Waals surface area (Å²) in [6.45, 7) is 4.87. The molecular weight excluding hydrogens is 901 g/mol. The molecule has 2 saturated heterocycles. The van der Waals surface area contributed by atoms with Crippen molar-refractivity contribution in [2.45, 2.75) is 13.8 Å². The van der Waals surface area contributed by atoms with Crippen LogP contribution in [0, 0.1) is 13.8 Å². The first kappa shape index (κ1) is 44.7. The lowest BCUT2D eigenvalue weighted by Gasteiger charge is -2.34. The third kappa shape index (κ3) is 8.56. The minimum absolute atomic E-state index is 0.0356. The molecule has 0 aliphatic carbocycles. The van der Waals surface area contributed by atoms with Gasteiger partial charge < -0.3 is 39.0 Å². The van der Waals surface area contributed by atoms with Gasteiger partial charge in [0.15, 0.2) is 11.6 Å². The fourth-order valence-corrected chi connectivity index (χ4v) is 8.60. The summed E-state index contributed by atoms with van der Waals surface area (Å²) < 4.78 is 15.4. The number of amides is 4. The van der Waals surface area contributed by atoms with Crippen LogP contribution in [0.25, 0.3) is 33.4 Å². The van der Waals surface area contributed by atoms with E-state index in [-0.39, 0.29) is 111 Å². The van der Waals surface area contributed by atoms with Gasteiger partial charge in [-0.1, -0.05) is 36.4 Å². The van der Waals surface area contributed by atoms with Crippen molar-refractivity contribution in [1.29, 1.82) is 0 Å². The molecule has 0 unspecified atom stereocenters. The quantitative estimate of drug-likeness (QED) is 0.0958. The molecule has 0 atom stereocenters. The first-order valence-electron chi connectivity index (χ1n) is 22.4. The smallest absolute Gasteiger partial charge is 0.295 e. The number of aryl methyl sites for hydroxylation is 2. The van der Waals surface area contributed by atoms with Crippen molar-refractivity contribution in [1.82, 2.24) is 69.1 Å². The summed E-state index contributed by atoms with van der Waals surface area (Å²) in [5, 5.41) is 9.32. The van der Waals surface area contributed by atoms with E-state index >= 15 is 0 Å². The molecule has 0 spiro atoms. The van der Waals surface area contributed by atoms with Crippen molar-refractivity contribution in [2.75, 3.05) is 65.6 Å². The number of hydrogen-bond donors (Lipinski definition) is 2. The lowest BCUT2D eigenvalue weighted by atomic mass is 10.1. The summed E-state index contributed by atoms with van der Waals surface area (Å²) in [5.74, 6) is -1.49. The molecule has 70 heavy (non-hydrogen) atoms. The van der Waals surface area contributed by atoms with Crippen LogP contribution in [-0.2, 0) is 9.59 Å². The van der Waals surface area contributed by atoms with Crippen LogP contribution in [0.4, 0.5) is 0 Å². The Morgan fingerprint density at radius 3 is 1.24 bits per heavy atom. The number of ether oxygens (including phenoxy) is 2. The SMILES string of the molecule is Cc1ncn(-c2ncc(OCCOc3cnc(-n4cnc(C)n4)c4[nH]cc(C(=O)C(=O)N5CCN(C(=O)c6ccccc6)CC5)c34)c3c(C(=O)C(=O)N4CCN(C(=O)c5ccccc5)CC4)c[nH]c23)n1. The van der Waals surface area contributed by atoms with Gasteiger partial charge in [0, 0.05) is 75.9 Å². The molecule has 8 heterocycles. The van der Waals surface area contributed by atoms with E-state index in [2.05, 4.69) is 40.1 Å². The Balaban J connectivity index is 0.873. The summed E-state index contributed by atoms with van der Waals surface area (Å²) in [4.78, 5) is 112. The molecule has 2 aromatic carbocycles. The molecule has 4 amide bonds. The van der Waals surface area contributed by atoms with Crippen molar-refractivity contribution < 1.29 is 38.2 Å². The minimum Gasteiger partial charge on any atom is -0.488 e. The number of aromatic nitrogens is 10. The Kier molecular flexibility index (Phi) is 12.1. The maximum Gasteiger partial charge on any atom is 0.295 e. The molecule has 2 aliphatic rings. The first-order chi connectivity index (χ1) is 34.0. The van der Waals surface area contributed by atoms with Crippen molar-refractivity contribution in [3.05, 3.63) is 132 Å². The molecule has 0 bridgehead atoms. The van der Waals surface area contributed by atoms with E-state index in [0.29, 0.717) is 45.4 Å². The van der Waals surface area contributed by atoms with E-state index in [4.69, 9.17) is 9.47 Å². The van der Waals surface area contributed by atoms with Gasteiger partial charge in [-0.15, -0.1) is 0 Å². The third-order valence-electron chi connectivity index (χ3n) is 12.2. The summed E-state index contributed by atoms with van der Waals surface area (Å²) in [5.41, 5.74) is 1.86. The fraction of sp³-hybridized carbons (Fsp3) is 0.250. The molecule has 0 radical (unpaired) electrons. The zero-order valence-electron chi connectivity index (χ0n) is 37.9. The predicted octanol–water partition coefficient (Wildman–Crippen LogP) is 3.01. The predicted molar refractivity (Wildman–Crippen MR) is 249 cm³/mol. The summed E-state index contributed by atoms with van der Waals surface area (Å²) in [6, 6.07) is 17.8. The number of aromatic amines is 2. The van der Waals surface area contributed by atoms with Crippen LogP contribution < -0.4 is 9.47 Å². The Bertz CT molecular complexity index is 3090. The van der Waals surface area contributed by atoms with Crippen molar-refractivity contribution in [3.63, 3.8) is 0 Å². The van der Waals surface area contributed by atoms with E-state index in [1.165, 1.54) is 56.6 Å². The molecule has 2 N–H and O–H groups in total. The average molecular weight is 945 g/mol. The van der Waals surface area contributed by atoms with Gasteiger partial charge in [0.2, 0.25) is 0 Å². The number of nitrogens with zero attached hydrogens (tertiary/aromatic N) is 12. The lowest BCUT2D eigenvalue weighted by molar-refractivity contribution is -0.128. The van der Waals surface area contributed by atoms with E-state index < -0.39 is 23.4 Å². The van der Waals surface area contributed by atoms with Crippen LogP contribution >= 0.6 is 0 Å². The number of rotatable bonds is 13. The second-order valence-corrected chi connectivity index (χ2v) is 16.5. The number of pyridine rings is 2. The molecule has 10 rings (SSSR count). The van der Waals surface area contributed by atoms with Crippen LogP contribution in [0.2, 0.25) is 0 Å². The van der Waals surface area contributed by atoms with E-state index in [9.17, 15) is 28.8 Å². The van der Waals surface area contributed by atoms with E-state index in [0.717, 1.165) is 0 Å². The Morgan fingerprint density at radius 1 is 0.514 bits per heavy atom. The van der Waals surface area contributed by atoms with Gasteiger partial charge in [-0.25, -0.2) is 29.3 Å². The third-order valence-corrected chi connectivity index (χ3v) is 12.2. The van der Waals surface area contributed by atoms with Crippen LogP contribution in [0.5, 0.6) is 11.5 Å². The topological polar surface area (TPSA) is 253 Å². The highest BCUT2D eigenvalue weighted by molar-refractivity contribution is 6.46. The number of fused-ring (bicyclic) bond motifs is 2. The first-order valence-corrected chi connectivity index (χ1v) is 22.4. The molecule has 2 fully saturated rings. The van der Waals surface area contributed by atoms with Gasteiger partial charge in [0.05, 0.1) is 45.3 Å². The van der Waals surface area contributed by atoms with Crippen LogP contribution in [0.3, 0.4) is 0 Å². The minimum atomic E-state index is -0.792. The van der Waals surface area contributed by atoms with E-state index in [1.807, 2.05) is 12.1 Å². The summed E-state index contributed by atoms with van der Waals surface area (Å²) >= 11 is 0. The van der Waals surface area contributed by atoms with Crippen molar-refractivity contribution >= 4 is 57.0 Å². The molecule has 0 saturated carbocycles. The summed E-state index contributed by atoms with van der Waals surface area (Å²) in [7, 11) is 0. The molecular formula is C48H44N14O8. The Hall–Kier alpha value is -9.08. The molecule has 6 aromatic heterocycles. The van der Waals surface area contributed by atoms with E-state index in [1.54, 1.807) is 72.2 Å². The average Bonchev–Trinajstić information content (AvgIpc) is 4.25. The second-order valence-electron chi connectivity index (χ2n) is 16.5. The van der Waals surface area contributed by atoms with Crippen LogP contribution in [0.15, 0.2) is 98.1 Å². The van der Waals surface area contributed by atoms with Gasteiger partial charge in [-0.2, -0.15) is 10.2 Å². The van der Waals surface area contributed by atoms with Gasteiger partial charge in [0.1, 0.15) is 49.0 Å². The number of ketones is 2. The normalized spacial score (nSPS) is 14.0. The largest absolute Gasteiger partial charge is 0.488 e. The number of H-pyrrole nitrogens is 2. The molecule has 22 nitrogen and oxygen atoms in total. The highest BCUT2D eigenvalue weighted by atomic mass is 16.5. The molecule has 2 aliphatic heterocycles. The summed E-state index contributed by atoms with van der Waals surface area (Å²) in [6.07, 6.45) is 8.63. The number of Topliss-reactive ketones (excluding diaryl/α,β-unsaturated/α-hetero) is 2. The number of hydrogen-bond acceptors (Lipinski definition) is 14. The molecule has 354 valence electrons. The van der Waals surface area contributed by atoms with Gasteiger partial charge >= 0.3 is 0 Å². The van der Waals surface area contributed by atoms with Crippen molar-refractivity contribution in [3.8, 4) is 23.1 Å². The van der Waals surface area contributed by atoms with Crippen molar-refractivity contribution in [2.24, 2.45) is 0 Å². The molecule has 22 heteroatoms. The van der Waals surface area contributed by atoms with Crippen LogP contribution in [0.1, 0.15) is 53.1 Å². The second kappa shape index (κ2) is 18.9. The van der Waals surface area contributed by atoms with Gasteiger partial charge in [0.25, 0.3) is 35.2 Å². The standard InChI is InChI=1S/C48H44N14O8/c1-29-53-27-61(55-29)43-39-37(33(23-49-39)41(63)47(67)59-17-13-57(14-18-59)45(65)31-9-5-3-6-10-31)35(25-51-43)69-21-22-70-36-26-52-44(62-28-54-30(2)56-62)40-38(36)34(24-50-40)42(64)48(68)60-19-15-58(16-20-60)46(66)32-11-7-4-8-12-32/h3-12,23-28,49-50H,13-22H2,1-2H3. The number of piperazine rings is 2. The maximum atomic E-state index is 14.1. The maximum absolute atomic E-state index is 14.1. The van der Waals surface area contributed by atoms with Gasteiger partial charge in [-0.3, -0.25) is 28.8 Å². The number of benzene rings is 2. The zero-order chi connectivity index (χ0) is 48.5. The zero-order valence-corrected chi connectivity index (χ0v) is 37.9.